The standard InChI is InChI=1S/C13H17N3O2S/c1-3-5-10-6-9(8-15-16-13(14)19)7-11(12(10)17)18-4-2/h3,6-8,17H,1,4-5H2,2H3,(H3,14,16,19)/b15-8-. The van der Waals surface area contributed by atoms with Gasteiger partial charge in [0.2, 0.25) is 0 Å². The zero-order valence-corrected chi connectivity index (χ0v) is 11.5. The fourth-order valence-corrected chi connectivity index (χ4v) is 1.56. The largest absolute Gasteiger partial charge is 0.504 e. The number of rotatable bonds is 6. The summed E-state index contributed by atoms with van der Waals surface area (Å²) in [4.78, 5) is 0. The number of hydrazone groups is 1. The summed E-state index contributed by atoms with van der Waals surface area (Å²) in [5.41, 5.74) is 9.22. The second-order valence-corrected chi connectivity index (χ2v) is 4.13. The third kappa shape index (κ3) is 4.59. The summed E-state index contributed by atoms with van der Waals surface area (Å²) in [5.74, 6) is 0.542. The van der Waals surface area contributed by atoms with Crippen molar-refractivity contribution < 1.29 is 9.84 Å². The van der Waals surface area contributed by atoms with E-state index in [-0.39, 0.29) is 10.9 Å². The molecule has 0 amide bonds. The molecule has 0 aliphatic carbocycles. The van der Waals surface area contributed by atoms with Gasteiger partial charge in [-0.05, 0) is 43.3 Å². The zero-order chi connectivity index (χ0) is 14.3. The fraction of sp³-hybridized carbons (Fsp3) is 0.231. The van der Waals surface area contributed by atoms with E-state index in [1.54, 1.807) is 24.4 Å². The Bertz CT molecular complexity index is 501. The number of benzene rings is 1. The van der Waals surface area contributed by atoms with Gasteiger partial charge in [0.15, 0.2) is 16.6 Å². The first-order chi connectivity index (χ1) is 9.08. The Morgan fingerprint density at radius 1 is 1.63 bits per heavy atom. The molecule has 0 atom stereocenters. The van der Waals surface area contributed by atoms with E-state index in [1.165, 1.54) is 0 Å². The predicted molar refractivity (Wildman–Crippen MR) is 80.7 cm³/mol. The van der Waals surface area contributed by atoms with E-state index >= 15 is 0 Å². The van der Waals surface area contributed by atoms with Gasteiger partial charge in [-0.25, -0.2) is 0 Å². The lowest BCUT2D eigenvalue weighted by atomic mass is 10.1. The summed E-state index contributed by atoms with van der Waals surface area (Å²) in [6, 6.07) is 3.49. The second kappa shape index (κ2) is 7.38. The van der Waals surface area contributed by atoms with Gasteiger partial charge in [-0.15, -0.1) is 6.58 Å². The molecule has 4 N–H and O–H groups in total. The molecule has 0 fully saturated rings. The van der Waals surface area contributed by atoms with E-state index in [1.807, 2.05) is 6.92 Å². The maximum atomic E-state index is 10.0. The number of hydrogen-bond acceptors (Lipinski definition) is 4. The molecule has 102 valence electrons. The monoisotopic (exact) mass is 279 g/mol. The number of hydrogen-bond donors (Lipinski definition) is 3. The van der Waals surface area contributed by atoms with Crippen molar-refractivity contribution >= 4 is 23.5 Å². The third-order valence-corrected chi connectivity index (χ3v) is 2.32. The van der Waals surface area contributed by atoms with Crippen molar-refractivity contribution in [2.75, 3.05) is 6.61 Å². The normalized spacial score (nSPS) is 10.4. The minimum Gasteiger partial charge on any atom is -0.504 e. The van der Waals surface area contributed by atoms with Gasteiger partial charge in [-0.1, -0.05) is 6.08 Å². The van der Waals surface area contributed by atoms with Crippen LogP contribution in [-0.4, -0.2) is 23.0 Å². The smallest absolute Gasteiger partial charge is 0.184 e. The lowest BCUT2D eigenvalue weighted by Crippen LogP contribution is -2.24. The fourth-order valence-electron chi connectivity index (χ4n) is 1.51. The van der Waals surface area contributed by atoms with Crippen molar-refractivity contribution in [1.29, 1.82) is 0 Å². The van der Waals surface area contributed by atoms with Crippen LogP contribution in [0.2, 0.25) is 0 Å². The van der Waals surface area contributed by atoms with Crippen molar-refractivity contribution in [3.8, 4) is 11.5 Å². The number of aromatic hydroxyl groups is 1. The molecule has 0 bridgehead atoms. The average Bonchev–Trinajstić information content (AvgIpc) is 2.35. The molecule has 1 aromatic carbocycles. The average molecular weight is 279 g/mol. The van der Waals surface area contributed by atoms with Gasteiger partial charge < -0.3 is 15.6 Å². The van der Waals surface area contributed by atoms with E-state index in [9.17, 15) is 5.11 Å². The van der Waals surface area contributed by atoms with Gasteiger partial charge in [-0.2, -0.15) is 5.10 Å². The molecular weight excluding hydrogens is 262 g/mol. The highest BCUT2D eigenvalue weighted by atomic mass is 32.1. The first-order valence-electron chi connectivity index (χ1n) is 5.76. The molecule has 19 heavy (non-hydrogen) atoms. The van der Waals surface area contributed by atoms with Crippen molar-refractivity contribution in [2.45, 2.75) is 13.3 Å². The molecular formula is C13H17N3O2S. The molecule has 6 heteroatoms. The molecule has 1 rings (SSSR count). The molecule has 0 saturated heterocycles. The van der Waals surface area contributed by atoms with Crippen LogP contribution in [0.5, 0.6) is 11.5 Å². The van der Waals surface area contributed by atoms with Gasteiger partial charge in [0.05, 0.1) is 12.8 Å². The van der Waals surface area contributed by atoms with E-state index in [0.29, 0.717) is 18.8 Å². The highest BCUT2D eigenvalue weighted by Crippen LogP contribution is 2.31. The van der Waals surface area contributed by atoms with Gasteiger partial charge in [0.25, 0.3) is 0 Å². The van der Waals surface area contributed by atoms with Crippen LogP contribution in [0.4, 0.5) is 0 Å². The van der Waals surface area contributed by atoms with Crippen LogP contribution in [0.15, 0.2) is 29.9 Å². The van der Waals surface area contributed by atoms with Gasteiger partial charge in [0.1, 0.15) is 0 Å². The molecule has 5 nitrogen and oxygen atoms in total. The minimum absolute atomic E-state index is 0.0892. The van der Waals surface area contributed by atoms with E-state index in [0.717, 1.165) is 11.1 Å². The number of phenols is 1. The Labute approximate surface area is 117 Å². The lowest BCUT2D eigenvalue weighted by molar-refractivity contribution is 0.317. The Kier molecular flexibility index (Phi) is 5.81. The zero-order valence-electron chi connectivity index (χ0n) is 10.7. The molecule has 0 aromatic heterocycles. The number of phenolic OH excluding ortho intramolecular Hbond substituents is 1. The quantitative estimate of drug-likeness (QED) is 0.319. The molecule has 1 aromatic rings. The number of thiocarbonyl (C=S) groups is 1. The number of ether oxygens (including phenoxy) is 1. The third-order valence-electron chi connectivity index (χ3n) is 2.23. The molecule has 0 aliphatic rings. The van der Waals surface area contributed by atoms with Gasteiger partial charge in [0, 0.05) is 5.56 Å². The summed E-state index contributed by atoms with van der Waals surface area (Å²) in [7, 11) is 0. The van der Waals surface area contributed by atoms with Crippen LogP contribution in [0, 0.1) is 0 Å². The van der Waals surface area contributed by atoms with Crippen molar-refractivity contribution in [1.82, 2.24) is 5.43 Å². The first-order valence-corrected chi connectivity index (χ1v) is 6.17. The lowest BCUT2D eigenvalue weighted by Gasteiger charge is -2.10. The highest BCUT2D eigenvalue weighted by molar-refractivity contribution is 7.80. The van der Waals surface area contributed by atoms with Crippen LogP contribution in [-0.2, 0) is 6.42 Å². The van der Waals surface area contributed by atoms with Gasteiger partial charge in [-0.3, -0.25) is 5.43 Å². The minimum atomic E-state index is 0.0892. The molecule has 0 saturated carbocycles. The van der Waals surface area contributed by atoms with E-state index in [2.05, 4.69) is 29.3 Å². The van der Waals surface area contributed by atoms with Crippen LogP contribution >= 0.6 is 12.2 Å². The molecule has 0 unspecified atom stereocenters. The molecule has 0 spiro atoms. The SMILES string of the molecule is C=CCc1cc(/C=N\NC(N)=S)cc(OCC)c1O. The van der Waals surface area contributed by atoms with Crippen LogP contribution in [0.25, 0.3) is 0 Å². The van der Waals surface area contributed by atoms with Crippen molar-refractivity contribution in [2.24, 2.45) is 10.8 Å². The summed E-state index contributed by atoms with van der Waals surface area (Å²) in [5, 5.41) is 14.0. The maximum Gasteiger partial charge on any atom is 0.184 e. The van der Waals surface area contributed by atoms with E-state index in [4.69, 9.17) is 10.5 Å². The second-order valence-electron chi connectivity index (χ2n) is 3.69. The van der Waals surface area contributed by atoms with Crippen LogP contribution in [0.1, 0.15) is 18.1 Å². The number of nitrogens with zero attached hydrogens (tertiary/aromatic N) is 1. The summed E-state index contributed by atoms with van der Waals surface area (Å²) >= 11 is 4.64. The van der Waals surface area contributed by atoms with Gasteiger partial charge >= 0.3 is 0 Å². The number of nitrogens with two attached hydrogens (primary N) is 1. The number of allylic oxidation sites excluding steroid dienone is 1. The summed E-state index contributed by atoms with van der Waals surface area (Å²) in [6.45, 7) is 5.97. The van der Waals surface area contributed by atoms with Crippen LogP contribution < -0.4 is 15.9 Å². The number of nitrogens with one attached hydrogen (secondary N) is 1. The Balaban J connectivity index is 3.06. The van der Waals surface area contributed by atoms with Crippen LogP contribution in [0.3, 0.4) is 0 Å². The summed E-state index contributed by atoms with van der Waals surface area (Å²) in [6.07, 6.45) is 3.79. The Morgan fingerprint density at radius 2 is 2.37 bits per heavy atom. The molecule has 0 aliphatic heterocycles. The Hall–Kier alpha value is -2.08. The maximum absolute atomic E-state index is 10.0. The molecule has 0 radical (unpaired) electrons. The van der Waals surface area contributed by atoms with E-state index < -0.39 is 0 Å². The summed E-state index contributed by atoms with van der Waals surface area (Å²) < 4.78 is 5.37. The highest BCUT2D eigenvalue weighted by Gasteiger charge is 2.09. The van der Waals surface area contributed by atoms with Crippen molar-refractivity contribution in [3.63, 3.8) is 0 Å². The Morgan fingerprint density at radius 3 is 2.95 bits per heavy atom. The topological polar surface area (TPSA) is 79.9 Å². The predicted octanol–water partition coefficient (Wildman–Crippen LogP) is 1.69. The van der Waals surface area contributed by atoms with Crippen molar-refractivity contribution in [3.05, 3.63) is 35.9 Å². The first kappa shape index (κ1) is 15.0. The molecule has 0 heterocycles.